The SMILES string of the molecule is CC(Cl)=CCSc1nc2c(c(=O)[nH]c(=O)n2C)n1CC(O)COc1ccccc1. The van der Waals surface area contributed by atoms with Crippen molar-refractivity contribution in [3.05, 3.63) is 62.3 Å². The second-order valence-corrected chi connectivity index (χ2v) is 7.96. The Kier molecular flexibility index (Phi) is 6.83. The number of rotatable bonds is 8. The Labute approximate surface area is 175 Å². The third-order valence-electron chi connectivity index (χ3n) is 4.13. The number of nitrogens with zero attached hydrogens (tertiary/aromatic N) is 3. The molecule has 0 saturated heterocycles. The Balaban J connectivity index is 1.90. The highest BCUT2D eigenvalue weighted by molar-refractivity contribution is 7.99. The molecule has 0 spiro atoms. The van der Waals surface area contributed by atoms with Crippen molar-refractivity contribution in [2.75, 3.05) is 12.4 Å². The number of hydrogen-bond donors (Lipinski definition) is 2. The first kappa shape index (κ1) is 21.2. The number of para-hydroxylation sites is 1. The number of aromatic amines is 1. The number of H-pyrrole nitrogens is 1. The Bertz CT molecular complexity index is 1130. The number of aryl methyl sites for hydroxylation is 1. The number of fused-ring (bicyclic) bond motifs is 1. The molecule has 0 bridgehead atoms. The van der Waals surface area contributed by atoms with Crippen LogP contribution >= 0.6 is 23.4 Å². The van der Waals surface area contributed by atoms with E-state index in [9.17, 15) is 14.7 Å². The van der Waals surface area contributed by atoms with Gasteiger partial charge < -0.3 is 14.4 Å². The van der Waals surface area contributed by atoms with E-state index in [2.05, 4.69) is 9.97 Å². The smallest absolute Gasteiger partial charge is 0.329 e. The normalized spacial score (nSPS) is 13.0. The molecule has 1 unspecified atom stereocenters. The molecule has 1 aromatic carbocycles. The summed E-state index contributed by atoms with van der Waals surface area (Å²) in [4.78, 5) is 31.1. The summed E-state index contributed by atoms with van der Waals surface area (Å²) in [5, 5.41) is 11.6. The first-order valence-electron chi connectivity index (χ1n) is 8.87. The van der Waals surface area contributed by atoms with Crippen LogP contribution in [0.4, 0.5) is 0 Å². The van der Waals surface area contributed by atoms with Crippen LogP contribution in [0.25, 0.3) is 11.2 Å². The van der Waals surface area contributed by atoms with Crippen LogP contribution in [0.1, 0.15) is 6.92 Å². The quantitative estimate of drug-likeness (QED) is 0.524. The number of nitrogens with one attached hydrogen (secondary N) is 1. The summed E-state index contributed by atoms with van der Waals surface area (Å²) < 4.78 is 8.47. The molecule has 0 saturated carbocycles. The number of halogens is 1. The first-order valence-corrected chi connectivity index (χ1v) is 10.2. The fourth-order valence-electron chi connectivity index (χ4n) is 2.70. The highest BCUT2D eigenvalue weighted by Crippen LogP contribution is 2.23. The van der Waals surface area contributed by atoms with E-state index < -0.39 is 17.4 Å². The van der Waals surface area contributed by atoms with Gasteiger partial charge in [-0.15, -0.1) is 0 Å². The molecule has 0 aliphatic carbocycles. The lowest BCUT2D eigenvalue weighted by Crippen LogP contribution is -2.30. The Morgan fingerprint density at radius 1 is 1.38 bits per heavy atom. The van der Waals surface area contributed by atoms with E-state index in [1.165, 1.54) is 23.4 Å². The van der Waals surface area contributed by atoms with Crippen LogP contribution in [0.2, 0.25) is 0 Å². The summed E-state index contributed by atoms with van der Waals surface area (Å²) in [5.41, 5.74) is -0.625. The maximum Gasteiger partial charge on any atom is 0.329 e. The number of aliphatic hydroxyl groups is 1. The molecule has 1 atom stereocenters. The lowest BCUT2D eigenvalue weighted by molar-refractivity contribution is 0.0914. The fraction of sp³-hybridized carbons (Fsp3) is 0.316. The summed E-state index contributed by atoms with van der Waals surface area (Å²) in [6.45, 7) is 1.89. The van der Waals surface area contributed by atoms with E-state index in [1.807, 2.05) is 24.3 Å². The summed E-state index contributed by atoms with van der Waals surface area (Å²) >= 11 is 7.23. The second-order valence-electron chi connectivity index (χ2n) is 6.38. The van der Waals surface area contributed by atoms with Gasteiger partial charge in [0.05, 0.1) is 6.54 Å². The number of aromatic nitrogens is 4. The van der Waals surface area contributed by atoms with Gasteiger partial charge in [-0.1, -0.05) is 47.6 Å². The monoisotopic (exact) mass is 436 g/mol. The van der Waals surface area contributed by atoms with Crippen LogP contribution in [0.15, 0.2) is 56.2 Å². The second kappa shape index (κ2) is 9.34. The maximum absolute atomic E-state index is 12.4. The zero-order valence-electron chi connectivity index (χ0n) is 16.0. The molecule has 3 aromatic rings. The molecular formula is C19H21ClN4O4S. The van der Waals surface area contributed by atoms with Crippen molar-refractivity contribution in [1.29, 1.82) is 0 Å². The molecule has 2 aromatic heterocycles. The Hall–Kier alpha value is -2.49. The standard InChI is InChI=1S/C19H21ClN4O4S/c1-12(20)8-9-29-19-21-16-15(17(26)22-18(27)23(16)2)24(19)10-13(25)11-28-14-6-4-3-5-7-14/h3-8,13,25H,9-11H2,1-2H3,(H,22,26,27). The highest BCUT2D eigenvalue weighted by Gasteiger charge is 2.20. The predicted molar refractivity (Wildman–Crippen MR) is 114 cm³/mol. The summed E-state index contributed by atoms with van der Waals surface area (Å²) in [7, 11) is 1.53. The molecule has 154 valence electrons. The molecule has 2 heterocycles. The maximum atomic E-state index is 12.4. The average molecular weight is 437 g/mol. The van der Waals surface area contributed by atoms with Crippen molar-refractivity contribution in [1.82, 2.24) is 19.1 Å². The van der Waals surface area contributed by atoms with Crippen LogP contribution in [-0.4, -0.2) is 42.7 Å². The average Bonchev–Trinajstić information content (AvgIpc) is 3.04. The van der Waals surface area contributed by atoms with Crippen molar-refractivity contribution in [2.45, 2.75) is 24.7 Å². The summed E-state index contributed by atoms with van der Waals surface area (Å²) in [6.07, 6.45) is 0.919. The van der Waals surface area contributed by atoms with E-state index in [1.54, 1.807) is 23.6 Å². The van der Waals surface area contributed by atoms with Crippen molar-refractivity contribution in [3.63, 3.8) is 0 Å². The number of ether oxygens (including phenoxy) is 1. The minimum absolute atomic E-state index is 0.0398. The lowest BCUT2D eigenvalue weighted by Gasteiger charge is -2.15. The number of aliphatic hydroxyl groups excluding tert-OH is 1. The van der Waals surface area contributed by atoms with Gasteiger partial charge in [-0.2, -0.15) is 0 Å². The van der Waals surface area contributed by atoms with Gasteiger partial charge in [-0.25, -0.2) is 9.78 Å². The van der Waals surface area contributed by atoms with Crippen LogP contribution in [0.5, 0.6) is 5.75 Å². The van der Waals surface area contributed by atoms with Gasteiger partial charge in [-0.3, -0.25) is 14.3 Å². The van der Waals surface area contributed by atoms with Crippen LogP contribution in [0.3, 0.4) is 0 Å². The van der Waals surface area contributed by atoms with Crippen LogP contribution in [0, 0.1) is 0 Å². The van der Waals surface area contributed by atoms with Crippen molar-refractivity contribution in [3.8, 4) is 5.75 Å². The molecular weight excluding hydrogens is 416 g/mol. The van der Waals surface area contributed by atoms with Gasteiger partial charge in [0.1, 0.15) is 18.5 Å². The van der Waals surface area contributed by atoms with Gasteiger partial charge in [0, 0.05) is 17.8 Å². The van der Waals surface area contributed by atoms with Gasteiger partial charge in [0.15, 0.2) is 16.3 Å². The molecule has 8 nitrogen and oxygen atoms in total. The van der Waals surface area contributed by atoms with E-state index in [0.29, 0.717) is 21.7 Å². The van der Waals surface area contributed by atoms with Crippen molar-refractivity contribution in [2.24, 2.45) is 7.05 Å². The zero-order valence-corrected chi connectivity index (χ0v) is 17.5. The minimum atomic E-state index is -0.895. The van der Waals surface area contributed by atoms with Crippen molar-refractivity contribution < 1.29 is 9.84 Å². The lowest BCUT2D eigenvalue weighted by atomic mass is 10.3. The highest BCUT2D eigenvalue weighted by atomic mass is 35.5. The van der Waals surface area contributed by atoms with Gasteiger partial charge in [0.2, 0.25) is 0 Å². The van der Waals surface area contributed by atoms with E-state index in [-0.39, 0.29) is 24.3 Å². The van der Waals surface area contributed by atoms with E-state index >= 15 is 0 Å². The Morgan fingerprint density at radius 3 is 2.79 bits per heavy atom. The first-order chi connectivity index (χ1) is 13.9. The van der Waals surface area contributed by atoms with E-state index in [4.69, 9.17) is 16.3 Å². The van der Waals surface area contributed by atoms with Crippen molar-refractivity contribution >= 4 is 34.5 Å². The molecule has 0 aliphatic rings. The molecule has 0 amide bonds. The van der Waals surface area contributed by atoms with Gasteiger partial charge >= 0.3 is 5.69 Å². The van der Waals surface area contributed by atoms with Gasteiger partial charge in [0.25, 0.3) is 5.56 Å². The third kappa shape index (κ3) is 5.11. The molecule has 10 heteroatoms. The van der Waals surface area contributed by atoms with Crippen LogP contribution < -0.4 is 16.0 Å². The number of thioether (sulfide) groups is 1. The number of imidazole rings is 1. The Morgan fingerprint density at radius 2 is 2.10 bits per heavy atom. The molecule has 0 fully saturated rings. The topological polar surface area (TPSA) is 102 Å². The number of allylic oxidation sites excluding steroid dienone is 1. The van der Waals surface area contributed by atoms with Gasteiger partial charge in [-0.05, 0) is 19.1 Å². The summed E-state index contributed by atoms with van der Waals surface area (Å²) in [5.74, 6) is 1.17. The van der Waals surface area contributed by atoms with Crippen LogP contribution in [-0.2, 0) is 13.6 Å². The molecule has 29 heavy (non-hydrogen) atoms. The number of hydrogen-bond acceptors (Lipinski definition) is 6. The molecule has 3 rings (SSSR count). The molecule has 0 aliphatic heterocycles. The number of benzene rings is 1. The molecule has 0 radical (unpaired) electrons. The largest absolute Gasteiger partial charge is 0.491 e. The fourth-order valence-corrected chi connectivity index (χ4v) is 3.82. The predicted octanol–water partition coefficient (Wildman–Crippen LogP) is 2.10. The third-order valence-corrected chi connectivity index (χ3v) is 5.19. The van der Waals surface area contributed by atoms with E-state index in [0.717, 1.165) is 0 Å². The molecule has 2 N–H and O–H groups in total. The minimum Gasteiger partial charge on any atom is -0.491 e. The summed E-state index contributed by atoms with van der Waals surface area (Å²) in [6, 6.07) is 9.14. The zero-order chi connectivity index (χ0) is 21.0.